The number of nitrogens with one attached hydrogen (secondary N) is 1. The second kappa shape index (κ2) is 16.0. The van der Waals surface area contributed by atoms with Crippen LogP contribution in [0.1, 0.15) is 96.0 Å². The number of oxazole rings is 1. The first kappa shape index (κ1) is 26.8. The van der Waals surface area contributed by atoms with Crippen molar-refractivity contribution in [2.24, 2.45) is 0 Å². The van der Waals surface area contributed by atoms with Crippen LogP contribution in [0, 0.1) is 0 Å². The average Bonchev–Trinajstić information content (AvgIpc) is 3.28. The van der Waals surface area contributed by atoms with Gasteiger partial charge in [0.05, 0.1) is 0 Å². The Morgan fingerprint density at radius 1 is 0.829 bits per heavy atom. The quantitative estimate of drug-likeness (QED) is 0.186. The minimum atomic E-state index is -0.293. The van der Waals surface area contributed by atoms with Crippen LogP contribution >= 0.6 is 0 Å². The van der Waals surface area contributed by atoms with Crippen molar-refractivity contribution in [1.82, 2.24) is 4.98 Å². The highest BCUT2D eigenvalue weighted by atomic mass is 16.5. The predicted octanol–water partition coefficient (Wildman–Crippen LogP) is 8.48. The fraction of sp³-hybridized carbons (Fsp3) is 0.533. The maximum Gasteiger partial charge on any atom is 0.302 e. The van der Waals surface area contributed by atoms with Gasteiger partial charge in [-0.1, -0.05) is 108 Å². The fourth-order valence-corrected chi connectivity index (χ4v) is 4.37. The number of rotatable bonds is 18. The van der Waals surface area contributed by atoms with Crippen LogP contribution in [0.25, 0.3) is 11.1 Å². The van der Waals surface area contributed by atoms with E-state index >= 15 is 0 Å². The number of fused-ring (bicyclic) bond motifs is 1. The Balaban J connectivity index is 1.23. The van der Waals surface area contributed by atoms with Gasteiger partial charge in [0.15, 0.2) is 12.2 Å². The van der Waals surface area contributed by atoms with E-state index in [0.717, 1.165) is 6.42 Å². The van der Waals surface area contributed by atoms with Crippen LogP contribution < -0.4 is 10.1 Å². The monoisotopic (exact) mass is 478 g/mol. The van der Waals surface area contributed by atoms with E-state index in [-0.39, 0.29) is 18.5 Å². The standard InChI is InChI=1S/C30H42N2O3/c1-2-3-4-5-6-7-8-9-10-11-12-13-14-18-25-19-17-20-26(23-25)34-24-29(33)32-30-31-27-21-15-16-22-28(27)35-30/h15-17,19-23H,2-14,18,24H2,1H3,(H,31,32,33). The molecule has 0 saturated heterocycles. The number of carbonyl (C=O) groups is 1. The van der Waals surface area contributed by atoms with Crippen molar-refractivity contribution in [3.05, 3.63) is 54.1 Å². The van der Waals surface area contributed by atoms with Gasteiger partial charge in [0.25, 0.3) is 5.91 Å². The van der Waals surface area contributed by atoms with E-state index in [9.17, 15) is 4.79 Å². The highest BCUT2D eigenvalue weighted by molar-refractivity contribution is 5.91. The van der Waals surface area contributed by atoms with Gasteiger partial charge in [-0.05, 0) is 42.7 Å². The molecule has 0 spiro atoms. The smallest absolute Gasteiger partial charge is 0.302 e. The molecule has 0 atom stereocenters. The Bertz CT molecular complexity index is 965. The lowest BCUT2D eigenvalue weighted by molar-refractivity contribution is -0.118. The number of para-hydroxylation sites is 2. The zero-order chi connectivity index (χ0) is 24.6. The third-order valence-corrected chi connectivity index (χ3v) is 6.38. The van der Waals surface area contributed by atoms with Gasteiger partial charge in [-0.3, -0.25) is 10.1 Å². The molecule has 5 heteroatoms. The molecule has 1 heterocycles. The van der Waals surface area contributed by atoms with Gasteiger partial charge in [0.1, 0.15) is 11.3 Å². The molecule has 1 aromatic heterocycles. The lowest BCUT2D eigenvalue weighted by atomic mass is 10.0. The summed E-state index contributed by atoms with van der Waals surface area (Å²) in [6.45, 7) is 2.19. The van der Waals surface area contributed by atoms with Crippen molar-refractivity contribution >= 4 is 23.0 Å². The minimum absolute atomic E-state index is 0.0824. The Morgan fingerprint density at radius 2 is 1.49 bits per heavy atom. The van der Waals surface area contributed by atoms with E-state index in [2.05, 4.69) is 23.3 Å². The molecule has 0 bridgehead atoms. The van der Waals surface area contributed by atoms with Gasteiger partial charge in [-0.15, -0.1) is 0 Å². The number of hydrogen-bond acceptors (Lipinski definition) is 4. The topological polar surface area (TPSA) is 64.4 Å². The summed E-state index contributed by atoms with van der Waals surface area (Å²) in [5.41, 5.74) is 2.61. The highest BCUT2D eigenvalue weighted by Crippen LogP contribution is 2.19. The molecule has 3 rings (SSSR count). The van der Waals surface area contributed by atoms with Crippen LogP contribution in [0.5, 0.6) is 5.75 Å². The largest absolute Gasteiger partial charge is 0.484 e. The van der Waals surface area contributed by atoms with E-state index in [1.165, 1.54) is 89.0 Å². The molecule has 0 fully saturated rings. The Morgan fingerprint density at radius 3 is 2.17 bits per heavy atom. The average molecular weight is 479 g/mol. The molecule has 0 aliphatic carbocycles. The maximum atomic E-state index is 12.2. The third kappa shape index (κ3) is 10.5. The molecular weight excluding hydrogens is 436 g/mol. The summed E-state index contributed by atoms with van der Waals surface area (Å²) in [6.07, 6.45) is 18.8. The molecule has 2 aromatic carbocycles. The van der Waals surface area contributed by atoms with E-state index < -0.39 is 0 Å². The third-order valence-electron chi connectivity index (χ3n) is 6.38. The van der Waals surface area contributed by atoms with Gasteiger partial charge >= 0.3 is 6.01 Å². The fourth-order valence-electron chi connectivity index (χ4n) is 4.37. The van der Waals surface area contributed by atoms with Gasteiger partial charge in [-0.2, -0.15) is 4.98 Å². The van der Waals surface area contributed by atoms with Crippen molar-refractivity contribution in [1.29, 1.82) is 0 Å². The van der Waals surface area contributed by atoms with Crippen molar-refractivity contribution in [2.45, 2.75) is 96.8 Å². The predicted molar refractivity (Wildman–Crippen MR) is 144 cm³/mol. The van der Waals surface area contributed by atoms with Crippen LogP contribution in [0.4, 0.5) is 6.01 Å². The number of hydrogen-bond donors (Lipinski definition) is 1. The normalized spacial score (nSPS) is 11.1. The molecule has 1 N–H and O–H groups in total. The van der Waals surface area contributed by atoms with Crippen LogP contribution in [0.15, 0.2) is 52.9 Å². The number of anilines is 1. The van der Waals surface area contributed by atoms with Crippen molar-refractivity contribution in [2.75, 3.05) is 11.9 Å². The molecule has 0 radical (unpaired) electrons. The second-order valence-corrected chi connectivity index (χ2v) is 9.46. The molecule has 0 aliphatic heterocycles. The summed E-state index contributed by atoms with van der Waals surface area (Å²) >= 11 is 0. The van der Waals surface area contributed by atoms with Crippen molar-refractivity contribution in [3.63, 3.8) is 0 Å². The first-order valence-corrected chi connectivity index (χ1v) is 13.6. The van der Waals surface area contributed by atoms with E-state index in [1.807, 2.05) is 42.5 Å². The van der Waals surface area contributed by atoms with E-state index in [0.29, 0.717) is 16.8 Å². The first-order valence-electron chi connectivity index (χ1n) is 13.6. The maximum absolute atomic E-state index is 12.2. The van der Waals surface area contributed by atoms with Crippen molar-refractivity contribution < 1.29 is 13.9 Å². The summed E-state index contributed by atoms with van der Waals surface area (Å²) < 4.78 is 11.2. The molecule has 35 heavy (non-hydrogen) atoms. The molecule has 190 valence electrons. The summed E-state index contributed by atoms with van der Waals surface area (Å²) in [5, 5.41) is 2.65. The molecule has 1 amide bonds. The number of aryl methyl sites for hydroxylation is 1. The number of unbranched alkanes of at least 4 members (excludes halogenated alkanes) is 12. The zero-order valence-corrected chi connectivity index (χ0v) is 21.4. The summed E-state index contributed by atoms with van der Waals surface area (Å²) in [5.74, 6) is 0.420. The summed E-state index contributed by atoms with van der Waals surface area (Å²) in [6, 6.07) is 15.6. The molecule has 0 aliphatic rings. The number of ether oxygens (including phenoxy) is 1. The lowest BCUT2D eigenvalue weighted by Crippen LogP contribution is -2.20. The van der Waals surface area contributed by atoms with Gasteiger partial charge in [-0.25, -0.2) is 0 Å². The number of amides is 1. The Labute approximate surface area is 210 Å². The van der Waals surface area contributed by atoms with Crippen LogP contribution in [-0.4, -0.2) is 17.5 Å². The number of aromatic nitrogens is 1. The van der Waals surface area contributed by atoms with Crippen molar-refractivity contribution in [3.8, 4) is 5.75 Å². The SMILES string of the molecule is CCCCCCCCCCCCCCCc1cccc(OCC(=O)Nc2nc3ccccc3o2)c1. The highest BCUT2D eigenvalue weighted by Gasteiger charge is 2.10. The Hall–Kier alpha value is -2.82. The number of carbonyl (C=O) groups excluding carboxylic acids is 1. The zero-order valence-electron chi connectivity index (χ0n) is 21.4. The lowest BCUT2D eigenvalue weighted by Gasteiger charge is -2.08. The van der Waals surface area contributed by atoms with Gasteiger partial charge in [0.2, 0.25) is 0 Å². The minimum Gasteiger partial charge on any atom is -0.484 e. The second-order valence-electron chi connectivity index (χ2n) is 9.46. The van der Waals surface area contributed by atoms with Gasteiger partial charge in [0, 0.05) is 0 Å². The van der Waals surface area contributed by atoms with Crippen LogP contribution in [0.3, 0.4) is 0 Å². The molecule has 0 saturated carbocycles. The van der Waals surface area contributed by atoms with Gasteiger partial charge < -0.3 is 9.15 Å². The molecule has 3 aromatic rings. The van der Waals surface area contributed by atoms with Crippen LogP contribution in [0.2, 0.25) is 0 Å². The first-order chi connectivity index (χ1) is 17.2. The number of benzene rings is 2. The summed E-state index contributed by atoms with van der Waals surface area (Å²) in [4.78, 5) is 16.5. The molecule has 5 nitrogen and oxygen atoms in total. The van der Waals surface area contributed by atoms with E-state index in [4.69, 9.17) is 9.15 Å². The Kier molecular flexibility index (Phi) is 12.2. The number of nitrogens with zero attached hydrogens (tertiary/aromatic N) is 1. The van der Waals surface area contributed by atoms with Crippen LogP contribution in [-0.2, 0) is 11.2 Å². The van der Waals surface area contributed by atoms with E-state index in [1.54, 1.807) is 0 Å². The molecule has 0 unspecified atom stereocenters. The summed E-state index contributed by atoms with van der Waals surface area (Å²) in [7, 11) is 0. The molecular formula is C30H42N2O3.